The van der Waals surface area contributed by atoms with Gasteiger partial charge in [-0.05, 0) is 88.4 Å². The van der Waals surface area contributed by atoms with Crippen LogP contribution in [-0.2, 0) is 17.6 Å². The Labute approximate surface area is 242 Å². The Kier molecular flexibility index (Phi) is 6.24. The third-order valence-corrected chi connectivity index (χ3v) is 9.48. The van der Waals surface area contributed by atoms with Gasteiger partial charge >= 0.3 is 0 Å². The highest BCUT2D eigenvalue weighted by Gasteiger charge is 2.36. The monoisotopic (exact) mass is 562 g/mol. The van der Waals surface area contributed by atoms with E-state index in [2.05, 4.69) is 40.9 Å². The van der Waals surface area contributed by atoms with E-state index < -0.39 is 0 Å². The van der Waals surface area contributed by atoms with Crippen molar-refractivity contribution in [3.05, 3.63) is 80.9 Å². The van der Waals surface area contributed by atoms with Gasteiger partial charge in [0.25, 0.3) is 0 Å². The Hall–Kier alpha value is -4.29. The molecular formula is C32H30N6O2S. The van der Waals surface area contributed by atoms with Crippen LogP contribution in [0, 0.1) is 32.1 Å². The summed E-state index contributed by atoms with van der Waals surface area (Å²) in [6.07, 6.45) is 4.94. The summed E-state index contributed by atoms with van der Waals surface area (Å²) in [4.78, 5) is 26.8. The molecule has 0 N–H and O–H groups in total. The molecule has 0 saturated carbocycles. The largest absolute Gasteiger partial charge is 0.361 e. The van der Waals surface area contributed by atoms with E-state index in [-0.39, 0.29) is 18.0 Å². The molecule has 8 nitrogen and oxygen atoms in total. The Morgan fingerprint density at radius 1 is 1.05 bits per heavy atom. The minimum atomic E-state index is -0.205. The van der Waals surface area contributed by atoms with E-state index in [0.717, 1.165) is 82.2 Å². The molecule has 9 heteroatoms. The molecule has 1 amide bonds. The van der Waals surface area contributed by atoms with Gasteiger partial charge in [0.15, 0.2) is 0 Å². The average molecular weight is 563 g/mol. The van der Waals surface area contributed by atoms with Crippen LogP contribution in [0.15, 0.2) is 47.0 Å². The lowest BCUT2D eigenvalue weighted by atomic mass is 9.95. The second kappa shape index (κ2) is 9.96. The van der Waals surface area contributed by atoms with Crippen LogP contribution >= 0.6 is 11.3 Å². The van der Waals surface area contributed by atoms with Gasteiger partial charge in [-0.25, -0.2) is 9.97 Å². The molecule has 0 bridgehead atoms. The first kappa shape index (κ1) is 25.7. The van der Waals surface area contributed by atoms with Crippen LogP contribution in [0.1, 0.15) is 76.2 Å². The minimum absolute atomic E-state index is 0.0879. The number of hydrogen-bond donors (Lipinski definition) is 0. The number of aromatic nitrogens is 4. The van der Waals surface area contributed by atoms with Gasteiger partial charge in [-0.1, -0.05) is 11.2 Å². The van der Waals surface area contributed by atoms with E-state index in [1.165, 1.54) is 10.6 Å². The second-order valence-electron chi connectivity index (χ2n) is 11.1. The van der Waals surface area contributed by atoms with Crippen molar-refractivity contribution in [3.8, 4) is 17.2 Å². The maximum Gasteiger partial charge on any atom is 0.227 e. The van der Waals surface area contributed by atoms with E-state index in [4.69, 9.17) is 14.5 Å². The summed E-state index contributed by atoms with van der Waals surface area (Å²) < 4.78 is 7.87. The fraction of sp³-hybridized carbons (Fsp3) is 0.344. The van der Waals surface area contributed by atoms with Crippen molar-refractivity contribution < 1.29 is 9.32 Å². The topological polar surface area (TPSA) is 101 Å². The normalized spacial score (nSPS) is 19.0. The number of carbonyl (C=O) groups excluding carboxylic acids is 1. The molecule has 3 aromatic heterocycles. The summed E-state index contributed by atoms with van der Waals surface area (Å²) in [7, 11) is 0. The van der Waals surface area contributed by atoms with E-state index in [0.29, 0.717) is 12.0 Å². The third-order valence-electron chi connectivity index (χ3n) is 8.45. The lowest BCUT2D eigenvalue weighted by Gasteiger charge is -2.37. The van der Waals surface area contributed by atoms with Crippen molar-refractivity contribution >= 4 is 34.0 Å². The summed E-state index contributed by atoms with van der Waals surface area (Å²) in [5, 5.41) is 14.6. The highest BCUT2D eigenvalue weighted by molar-refractivity contribution is 7.11. The predicted octanol–water partition coefficient (Wildman–Crippen LogP) is 6.93. The van der Waals surface area contributed by atoms with Crippen LogP contribution < -0.4 is 4.90 Å². The molecule has 1 saturated heterocycles. The number of carbonyl (C=O) groups is 1. The van der Waals surface area contributed by atoms with E-state index in [1.54, 1.807) is 23.5 Å². The third kappa shape index (κ3) is 4.34. The molecule has 206 valence electrons. The highest BCUT2D eigenvalue weighted by Crippen LogP contribution is 2.42. The zero-order valence-corrected chi connectivity index (χ0v) is 24.2. The van der Waals surface area contributed by atoms with Crippen LogP contribution in [0.5, 0.6) is 0 Å². The SMILES string of the molecule is Cc1nc2c(s1)CC(n1c(C3CCCC(=O)N3c3ccc(C#N)cc3)nc3cc(-c4c(C)noc4C)ccc31)CC2. The smallest absolute Gasteiger partial charge is 0.227 e. The maximum atomic E-state index is 13.5. The Bertz CT molecular complexity index is 1820. The number of imidazole rings is 1. The number of hydrogen-bond acceptors (Lipinski definition) is 7. The molecule has 1 fully saturated rings. The van der Waals surface area contributed by atoms with E-state index in [9.17, 15) is 10.1 Å². The molecular weight excluding hydrogens is 532 g/mol. The lowest BCUT2D eigenvalue weighted by Crippen LogP contribution is -2.40. The van der Waals surface area contributed by atoms with Crippen molar-refractivity contribution in [2.75, 3.05) is 4.90 Å². The number of nitriles is 1. The highest BCUT2D eigenvalue weighted by atomic mass is 32.1. The zero-order valence-electron chi connectivity index (χ0n) is 23.3. The average Bonchev–Trinajstić information content (AvgIpc) is 3.65. The quantitative estimate of drug-likeness (QED) is 0.235. The second-order valence-corrected chi connectivity index (χ2v) is 12.4. The molecule has 0 spiro atoms. The maximum absolute atomic E-state index is 13.5. The van der Waals surface area contributed by atoms with Gasteiger partial charge in [0, 0.05) is 35.0 Å². The van der Waals surface area contributed by atoms with Crippen molar-refractivity contribution in [2.24, 2.45) is 0 Å². The number of benzene rings is 2. The van der Waals surface area contributed by atoms with Gasteiger partial charge in [-0.3, -0.25) is 4.79 Å². The van der Waals surface area contributed by atoms with Crippen molar-refractivity contribution in [3.63, 3.8) is 0 Å². The molecule has 2 aromatic carbocycles. The molecule has 1 aliphatic heterocycles. The van der Waals surface area contributed by atoms with Crippen molar-refractivity contribution in [1.29, 1.82) is 5.26 Å². The molecule has 7 rings (SSSR count). The summed E-state index contributed by atoms with van der Waals surface area (Å²) in [6, 6.07) is 15.9. The van der Waals surface area contributed by atoms with Crippen LogP contribution in [0.4, 0.5) is 5.69 Å². The summed E-state index contributed by atoms with van der Waals surface area (Å²) >= 11 is 1.79. The zero-order chi connectivity index (χ0) is 28.2. The number of fused-ring (bicyclic) bond motifs is 2. The molecule has 5 aromatic rings. The van der Waals surface area contributed by atoms with Crippen LogP contribution in [-0.4, -0.2) is 25.6 Å². The number of amides is 1. The fourth-order valence-corrected chi connectivity index (χ4v) is 7.68. The van der Waals surface area contributed by atoms with Crippen LogP contribution in [0.25, 0.3) is 22.2 Å². The Morgan fingerprint density at radius 2 is 1.88 bits per heavy atom. The predicted molar refractivity (Wildman–Crippen MR) is 158 cm³/mol. The van der Waals surface area contributed by atoms with E-state index in [1.807, 2.05) is 30.9 Å². The molecule has 2 aliphatic rings. The first-order chi connectivity index (χ1) is 19.9. The van der Waals surface area contributed by atoms with Gasteiger partial charge < -0.3 is 14.0 Å². The van der Waals surface area contributed by atoms with Gasteiger partial charge in [-0.2, -0.15) is 5.26 Å². The van der Waals surface area contributed by atoms with Gasteiger partial charge in [0.1, 0.15) is 11.6 Å². The van der Waals surface area contributed by atoms with Gasteiger partial charge in [0.2, 0.25) is 5.91 Å². The lowest BCUT2D eigenvalue weighted by molar-refractivity contribution is -0.120. The first-order valence-electron chi connectivity index (χ1n) is 14.1. The summed E-state index contributed by atoms with van der Waals surface area (Å²) in [6.45, 7) is 5.97. The standard InChI is InChI=1S/C32H30N6O2S/c1-18-31(19(2)40-36-18)22-9-14-27-26(15-22)35-32(38(27)24-12-13-25-29(16-24)41-20(3)34-25)28-5-4-6-30(39)37(28)23-10-7-21(17-33)8-11-23/h7-11,14-15,24,28H,4-6,12-13,16H2,1-3H3. The van der Waals surface area contributed by atoms with Crippen LogP contribution in [0.3, 0.4) is 0 Å². The van der Waals surface area contributed by atoms with Crippen molar-refractivity contribution in [2.45, 2.75) is 71.4 Å². The van der Waals surface area contributed by atoms with Crippen molar-refractivity contribution in [1.82, 2.24) is 19.7 Å². The van der Waals surface area contributed by atoms with Gasteiger partial charge in [0.05, 0.1) is 45.1 Å². The number of thiazole rings is 1. The number of anilines is 1. The van der Waals surface area contributed by atoms with Gasteiger partial charge in [-0.15, -0.1) is 11.3 Å². The Balaban J connectivity index is 1.39. The molecule has 2 unspecified atom stereocenters. The van der Waals surface area contributed by atoms with Crippen LogP contribution in [0.2, 0.25) is 0 Å². The molecule has 41 heavy (non-hydrogen) atoms. The fourth-order valence-electron chi connectivity index (χ4n) is 6.63. The first-order valence-corrected chi connectivity index (χ1v) is 15.0. The summed E-state index contributed by atoms with van der Waals surface area (Å²) in [5.74, 6) is 1.79. The number of rotatable bonds is 4. The molecule has 0 radical (unpaired) electrons. The number of aryl methyl sites for hydroxylation is 4. The Morgan fingerprint density at radius 3 is 2.63 bits per heavy atom. The van der Waals surface area contributed by atoms with E-state index >= 15 is 0 Å². The number of nitrogens with zero attached hydrogens (tertiary/aromatic N) is 6. The molecule has 4 heterocycles. The number of piperidine rings is 1. The molecule has 2 atom stereocenters. The molecule has 1 aliphatic carbocycles. The minimum Gasteiger partial charge on any atom is -0.361 e. The summed E-state index contributed by atoms with van der Waals surface area (Å²) in [5.41, 5.74) is 7.46.